The number of rotatable bonds is 1. The summed E-state index contributed by atoms with van der Waals surface area (Å²) in [5, 5.41) is 3.13. The van der Waals surface area contributed by atoms with E-state index in [2.05, 4.69) is 17.2 Å². The Labute approximate surface area is 76.5 Å². The van der Waals surface area contributed by atoms with Gasteiger partial charge in [-0.25, -0.2) is 0 Å². The molecule has 2 rings (SSSR count). The van der Waals surface area contributed by atoms with Crippen molar-refractivity contribution < 1.29 is 9.53 Å². The SMILES string of the molecule is O=CC1=C2NCCOC2C#CC=C1. The number of fused-ring (bicyclic) bond motifs is 1. The highest BCUT2D eigenvalue weighted by atomic mass is 16.5. The molecule has 0 aromatic carbocycles. The zero-order valence-corrected chi connectivity index (χ0v) is 7.04. The highest BCUT2D eigenvalue weighted by Crippen LogP contribution is 2.14. The van der Waals surface area contributed by atoms with Gasteiger partial charge in [-0.05, 0) is 12.2 Å². The second kappa shape index (κ2) is 3.46. The average Bonchev–Trinajstić information content (AvgIpc) is 2.39. The Morgan fingerprint density at radius 2 is 2.62 bits per heavy atom. The van der Waals surface area contributed by atoms with Crippen LogP contribution in [-0.4, -0.2) is 25.5 Å². The topological polar surface area (TPSA) is 38.3 Å². The Balaban J connectivity index is 2.39. The van der Waals surface area contributed by atoms with Gasteiger partial charge in [0.25, 0.3) is 0 Å². The highest BCUT2D eigenvalue weighted by Gasteiger charge is 2.20. The van der Waals surface area contributed by atoms with Crippen molar-refractivity contribution in [2.24, 2.45) is 0 Å². The van der Waals surface area contributed by atoms with E-state index < -0.39 is 0 Å². The average molecular weight is 175 g/mol. The lowest BCUT2D eigenvalue weighted by Crippen LogP contribution is -2.36. The lowest BCUT2D eigenvalue weighted by molar-refractivity contribution is -0.104. The summed E-state index contributed by atoms with van der Waals surface area (Å²) in [5.41, 5.74) is 1.41. The fourth-order valence-electron chi connectivity index (χ4n) is 1.35. The van der Waals surface area contributed by atoms with Gasteiger partial charge < -0.3 is 10.1 Å². The summed E-state index contributed by atoms with van der Waals surface area (Å²) >= 11 is 0. The minimum Gasteiger partial charge on any atom is -0.383 e. The predicted octanol–water partition coefficient (Wildman–Crippen LogP) is 0.001000. The Kier molecular flexibility index (Phi) is 2.15. The smallest absolute Gasteiger partial charge is 0.158 e. The van der Waals surface area contributed by atoms with Crippen LogP contribution >= 0.6 is 0 Å². The Morgan fingerprint density at radius 3 is 3.46 bits per heavy atom. The second-order valence-corrected chi connectivity index (χ2v) is 2.79. The first-order valence-electron chi connectivity index (χ1n) is 4.14. The van der Waals surface area contributed by atoms with Crippen LogP contribution in [0.15, 0.2) is 23.4 Å². The maximum absolute atomic E-state index is 10.7. The first-order valence-corrected chi connectivity index (χ1v) is 4.14. The number of carbonyl (C=O) groups excluding carboxylic acids is 1. The fraction of sp³-hybridized carbons (Fsp3) is 0.300. The van der Waals surface area contributed by atoms with Gasteiger partial charge >= 0.3 is 0 Å². The van der Waals surface area contributed by atoms with Crippen molar-refractivity contribution in [2.45, 2.75) is 6.10 Å². The molecule has 0 bridgehead atoms. The first-order chi connectivity index (χ1) is 6.42. The third-order valence-electron chi connectivity index (χ3n) is 1.96. The van der Waals surface area contributed by atoms with Gasteiger partial charge in [-0.3, -0.25) is 4.79 Å². The summed E-state index contributed by atoms with van der Waals surface area (Å²) in [7, 11) is 0. The number of aldehydes is 1. The van der Waals surface area contributed by atoms with Gasteiger partial charge in [-0.2, -0.15) is 0 Å². The summed E-state index contributed by atoms with van der Waals surface area (Å²) in [5.74, 6) is 5.72. The molecule has 0 amide bonds. The second-order valence-electron chi connectivity index (χ2n) is 2.79. The Morgan fingerprint density at radius 1 is 1.69 bits per heavy atom. The molecule has 2 aliphatic rings. The van der Waals surface area contributed by atoms with E-state index in [9.17, 15) is 4.79 Å². The maximum atomic E-state index is 10.7. The quantitative estimate of drug-likeness (QED) is 0.450. The first kappa shape index (κ1) is 8.09. The molecule has 1 aliphatic carbocycles. The van der Waals surface area contributed by atoms with E-state index in [1.807, 2.05) is 0 Å². The molecule has 1 atom stereocenters. The number of morpholine rings is 1. The lowest BCUT2D eigenvalue weighted by atomic mass is 10.1. The molecule has 0 aromatic heterocycles. The molecule has 1 fully saturated rings. The van der Waals surface area contributed by atoms with Crippen LogP contribution in [0.3, 0.4) is 0 Å². The van der Waals surface area contributed by atoms with Crippen LogP contribution in [0.25, 0.3) is 0 Å². The highest BCUT2D eigenvalue weighted by molar-refractivity contribution is 5.80. The van der Waals surface area contributed by atoms with Gasteiger partial charge in [0, 0.05) is 12.1 Å². The van der Waals surface area contributed by atoms with Crippen molar-refractivity contribution in [3.8, 4) is 11.8 Å². The minimum absolute atomic E-state index is 0.260. The number of hydrogen-bond donors (Lipinski definition) is 1. The molecule has 0 saturated carbocycles. The zero-order chi connectivity index (χ0) is 9.10. The van der Waals surface area contributed by atoms with Gasteiger partial charge in [0.1, 0.15) is 0 Å². The number of nitrogens with one attached hydrogen (secondary N) is 1. The molecule has 1 heterocycles. The molecule has 0 radical (unpaired) electrons. The predicted molar refractivity (Wildman–Crippen MR) is 47.7 cm³/mol. The maximum Gasteiger partial charge on any atom is 0.158 e. The summed E-state index contributed by atoms with van der Waals surface area (Å²) in [4.78, 5) is 10.7. The van der Waals surface area contributed by atoms with Gasteiger partial charge in [0.2, 0.25) is 0 Å². The van der Waals surface area contributed by atoms with E-state index in [0.29, 0.717) is 12.2 Å². The van der Waals surface area contributed by atoms with Crippen LogP contribution in [-0.2, 0) is 9.53 Å². The lowest BCUT2D eigenvalue weighted by Gasteiger charge is -2.24. The van der Waals surface area contributed by atoms with Crippen molar-refractivity contribution in [2.75, 3.05) is 13.2 Å². The van der Waals surface area contributed by atoms with Gasteiger partial charge in [0.05, 0.1) is 12.3 Å². The Bertz CT molecular complexity index is 344. The van der Waals surface area contributed by atoms with Crippen LogP contribution in [0, 0.1) is 11.8 Å². The molecule has 0 aromatic rings. The summed E-state index contributed by atoms with van der Waals surface area (Å²) in [6.07, 6.45) is 3.93. The van der Waals surface area contributed by atoms with E-state index in [4.69, 9.17) is 4.74 Å². The van der Waals surface area contributed by atoms with E-state index in [1.165, 1.54) is 0 Å². The fourth-order valence-corrected chi connectivity index (χ4v) is 1.35. The molecule has 1 saturated heterocycles. The molecular formula is C10H9NO2. The molecule has 13 heavy (non-hydrogen) atoms. The molecule has 3 heteroatoms. The zero-order valence-electron chi connectivity index (χ0n) is 7.04. The van der Waals surface area contributed by atoms with Gasteiger partial charge in [-0.15, -0.1) is 0 Å². The van der Waals surface area contributed by atoms with Crippen LogP contribution in [0.2, 0.25) is 0 Å². The minimum atomic E-state index is -0.260. The van der Waals surface area contributed by atoms with Crippen molar-refractivity contribution in [1.82, 2.24) is 5.32 Å². The Hall–Kier alpha value is -1.53. The molecule has 3 nitrogen and oxygen atoms in total. The molecule has 0 spiro atoms. The van der Waals surface area contributed by atoms with Crippen LogP contribution in [0.1, 0.15) is 0 Å². The number of ether oxygens (including phenoxy) is 1. The number of hydrogen-bond acceptors (Lipinski definition) is 3. The van der Waals surface area contributed by atoms with Crippen LogP contribution in [0.4, 0.5) is 0 Å². The van der Waals surface area contributed by atoms with Crippen molar-refractivity contribution in [3.63, 3.8) is 0 Å². The monoisotopic (exact) mass is 175 g/mol. The molecule has 1 aliphatic heterocycles. The standard InChI is InChI=1S/C10H9NO2/c12-7-8-3-1-2-4-9-10(8)11-5-6-13-9/h1,3,7,9,11H,5-6H2. The number of carbonyl (C=O) groups is 1. The summed E-state index contributed by atoms with van der Waals surface area (Å²) in [6, 6.07) is 0. The number of allylic oxidation sites excluding steroid dienone is 3. The summed E-state index contributed by atoms with van der Waals surface area (Å²) < 4.78 is 5.40. The van der Waals surface area contributed by atoms with E-state index in [0.717, 1.165) is 18.5 Å². The van der Waals surface area contributed by atoms with Gasteiger partial charge in [-0.1, -0.05) is 11.8 Å². The van der Waals surface area contributed by atoms with Crippen molar-refractivity contribution in [3.05, 3.63) is 23.4 Å². The van der Waals surface area contributed by atoms with Crippen LogP contribution in [0.5, 0.6) is 0 Å². The largest absolute Gasteiger partial charge is 0.383 e. The van der Waals surface area contributed by atoms with E-state index in [1.54, 1.807) is 12.2 Å². The molecule has 1 unspecified atom stereocenters. The van der Waals surface area contributed by atoms with E-state index in [-0.39, 0.29) is 6.10 Å². The van der Waals surface area contributed by atoms with Crippen LogP contribution < -0.4 is 5.32 Å². The normalized spacial score (nSPS) is 25.1. The van der Waals surface area contributed by atoms with E-state index >= 15 is 0 Å². The van der Waals surface area contributed by atoms with Crippen molar-refractivity contribution in [1.29, 1.82) is 0 Å². The third kappa shape index (κ3) is 1.49. The van der Waals surface area contributed by atoms with Crippen molar-refractivity contribution >= 4 is 6.29 Å². The van der Waals surface area contributed by atoms with Gasteiger partial charge in [0.15, 0.2) is 12.4 Å². The summed E-state index contributed by atoms with van der Waals surface area (Å²) in [6.45, 7) is 1.37. The molecule has 66 valence electrons. The molecular weight excluding hydrogens is 166 g/mol. The molecule has 1 N–H and O–H groups in total. The third-order valence-corrected chi connectivity index (χ3v) is 1.96.